The number of rotatable bonds is 8. The van der Waals surface area contributed by atoms with E-state index in [-0.39, 0.29) is 17.3 Å². The molecule has 3 aromatic carbocycles. The van der Waals surface area contributed by atoms with E-state index in [1.54, 1.807) is 29.4 Å². The third kappa shape index (κ3) is 4.80. The van der Waals surface area contributed by atoms with Crippen LogP contribution >= 0.6 is 11.3 Å². The minimum Gasteiger partial charge on any atom is -0.492 e. The maximum Gasteiger partial charge on any atom is 0.264 e. The molecule has 202 valence electrons. The van der Waals surface area contributed by atoms with Crippen LogP contribution in [0.15, 0.2) is 96.2 Å². The summed E-state index contributed by atoms with van der Waals surface area (Å²) >= 11 is 1.40. The van der Waals surface area contributed by atoms with Gasteiger partial charge in [-0.05, 0) is 73.0 Å². The Hall–Kier alpha value is -4.28. The number of aromatic nitrogens is 2. The number of fused-ring (bicyclic) bond motifs is 2. The van der Waals surface area contributed by atoms with Gasteiger partial charge in [-0.15, -0.1) is 0 Å². The van der Waals surface area contributed by atoms with Gasteiger partial charge in [-0.1, -0.05) is 41.7 Å². The number of sulfonamides is 1. The van der Waals surface area contributed by atoms with Crippen LogP contribution in [0.1, 0.15) is 28.4 Å². The summed E-state index contributed by atoms with van der Waals surface area (Å²) < 4.78 is 35.0. The highest BCUT2D eigenvalue weighted by Gasteiger charge is 2.31. The van der Waals surface area contributed by atoms with Crippen molar-refractivity contribution in [2.75, 3.05) is 22.4 Å². The van der Waals surface area contributed by atoms with Crippen molar-refractivity contribution in [2.45, 2.75) is 24.8 Å². The van der Waals surface area contributed by atoms with E-state index in [4.69, 9.17) is 9.72 Å². The lowest BCUT2D eigenvalue weighted by atomic mass is 10.2. The highest BCUT2D eigenvalue weighted by atomic mass is 32.2. The summed E-state index contributed by atoms with van der Waals surface area (Å²) in [5.74, 6) is 0.366. The molecule has 0 saturated carbocycles. The first-order valence-corrected chi connectivity index (χ1v) is 15.1. The van der Waals surface area contributed by atoms with Gasteiger partial charge < -0.3 is 4.74 Å². The van der Waals surface area contributed by atoms with E-state index in [9.17, 15) is 13.2 Å². The van der Waals surface area contributed by atoms with Crippen LogP contribution in [0, 0.1) is 0 Å². The van der Waals surface area contributed by atoms with E-state index in [1.807, 2.05) is 61.5 Å². The molecule has 1 amide bonds. The molecule has 0 spiro atoms. The minimum absolute atomic E-state index is 0.140. The second kappa shape index (κ2) is 10.7. The molecule has 0 bridgehead atoms. The number of hydrogen-bond acceptors (Lipinski definition) is 7. The zero-order valence-electron chi connectivity index (χ0n) is 21.7. The first-order chi connectivity index (χ1) is 19.5. The largest absolute Gasteiger partial charge is 0.492 e. The fraction of sp³-hybridized carbons (Fsp3) is 0.167. The number of nitrogens with zero attached hydrogens (tertiary/aromatic N) is 4. The number of pyridine rings is 1. The predicted molar refractivity (Wildman–Crippen MR) is 157 cm³/mol. The van der Waals surface area contributed by atoms with E-state index in [1.165, 1.54) is 27.8 Å². The van der Waals surface area contributed by atoms with Crippen molar-refractivity contribution in [2.24, 2.45) is 0 Å². The third-order valence-corrected chi connectivity index (χ3v) is 9.61. The van der Waals surface area contributed by atoms with Gasteiger partial charge in [0.15, 0.2) is 5.13 Å². The first-order valence-electron chi connectivity index (χ1n) is 12.9. The normalized spacial score (nSPS) is 12.9. The van der Waals surface area contributed by atoms with Crippen LogP contribution in [0.3, 0.4) is 0 Å². The summed E-state index contributed by atoms with van der Waals surface area (Å²) in [6.07, 6.45) is 4.06. The number of para-hydroxylation sites is 2. The molecule has 1 aliphatic rings. The predicted octanol–water partition coefficient (Wildman–Crippen LogP) is 5.69. The number of benzene rings is 3. The molecule has 10 heteroatoms. The number of anilines is 2. The Morgan fingerprint density at radius 2 is 1.85 bits per heavy atom. The molecule has 0 aliphatic carbocycles. The van der Waals surface area contributed by atoms with Crippen LogP contribution in [-0.4, -0.2) is 37.4 Å². The van der Waals surface area contributed by atoms with Crippen molar-refractivity contribution >= 4 is 48.3 Å². The maximum atomic E-state index is 13.9. The summed E-state index contributed by atoms with van der Waals surface area (Å²) in [4.78, 5) is 24.6. The van der Waals surface area contributed by atoms with Crippen LogP contribution < -0.4 is 13.9 Å². The molecule has 0 N–H and O–H groups in total. The molecule has 0 atom stereocenters. The van der Waals surface area contributed by atoms with Gasteiger partial charge >= 0.3 is 0 Å². The quantitative estimate of drug-likeness (QED) is 0.238. The molecule has 2 aromatic heterocycles. The smallest absolute Gasteiger partial charge is 0.264 e. The Morgan fingerprint density at radius 1 is 1.02 bits per heavy atom. The zero-order valence-corrected chi connectivity index (χ0v) is 23.4. The van der Waals surface area contributed by atoms with Crippen LogP contribution in [0.2, 0.25) is 0 Å². The van der Waals surface area contributed by atoms with Crippen LogP contribution in [-0.2, 0) is 23.0 Å². The van der Waals surface area contributed by atoms with Gasteiger partial charge in [-0.2, -0.15) is 0 Å². The molecule has 3 heterocycles. The summed E-state index contributed by atoms with van der Waals surface area (Å²) in [7, 11) is -3.77. The molecule has 1 aliphatic heterocycles. The molecule has 40 heavy (non-hydrogen) atoms. The Balaban J connectivity index is 1.33. The highest BCUT2D eigenvalue weighted by molar-refractivity contribution is 7.92. The average molecular weight is 571 g/mol. The van der Waals surface area contributed by atoms with Crippen LogP contribution in [0.4, 0.5) is 10.8 Å². The third-order valence-electron chi connectivity index (χ3n) is 6.74. The van der Waals surface area contributed by atoms with Gasteiger partial charge in [0.2, 0.25) is 0 Å². The van der Waals surface area contributed by atoms with Gasteiger partial charge in [-0.3, -0.25) is 19.0 Å². The molecule has 0 radical (unpaired) electrons. The fourth-order valence-electron chi connectivity index (χ4n) is 4.81. The minimum atomic E-state index is -3.77. The monoisotopic (exact) mass is 570 g/mol. The van der Waals surface area contributed by atoms with Crippen molar-refractivity contribution in [3.8, 4) is 5.75 Å². The van der Waals surface area contributed by atoms with E-state index < -0.39 is 10.0 Å². The Bertz CT molecular complexity index is 1790. The van der Waals surface area contributed by atoms with Gasteiger partial charge in [0.1, 0.15) is 11.3 Å². The molecule has 0 unspecified atom stereocenters. The summed E-state index contributed by atoms with van der Waals surface area (Å²) in [5, 5.41) is 0.515. The standard InChI is InChI=1S/C30H26N4O4S2/c1-2-38-26-10-5-11-27-28(26)32-30(39-27)33(20-21-7-6-17-31-19-21)29(35)23-12-14-24(15-13-23)40(36,37)34-18-16-22-8-3-4-9-25(22)34/h3-15,17,19H,2,16,18,20H2,1H3. The molecular formula is C30H26N4O4S2. The van der Waals surface area contributed by atoms with E-state index in [0.717, 1.165) is 15.8 Å². The van der Waals surface area contributed by atoms with Gasteiger partial charge in [0.05, 0.1) is 28.4 Å². The number of carbonyl (C=O) groups is 1. The van der Waals surface area contributed by atoms with Crippen LogP contribution in [0.25, 0.3) is 10.2 Å². The van der Waals surface area contributed by atoms with Crippen molar-refractivity contribution in [1.29, 1.82) is 0 Å². The lowest BCUT2D eigenvalue weighted by molar-refractivity contribution is 0.0985. The average Bonchev–Trinajstić information content (AvgIpc) is 3.62. The molecule has 5 aromatic rings. The Morgan fingerprint density at radius 3 is 2.62 bits per heavy atom. The van der Waals surface area contributed by atoms with Crippen molar-refractivity contribution in [1.82, 2.24) is 9.97 Å². The van der Waals surface area contributed by atoms with Gasteiger partial charge in [0, 0.05) is 24.5 Å². The fourth-order valence-corrected chi connectivity index (χ4v) is 7.29. The highest BCUT2D eigenvalue weighted by Crippen LogP contribution is 2.36. The number of amides is 1. The van der Waals surface area contributed by atoms with Gasteiger partial charge in [0.25, 0.3) is 15.9 Å². The molecule has 6 rings (SSSR count). The lowest BCUT2D eigenvalue weighted by Gasteiger charge is -2.21. The zero-order chi connectivity index (χ0) is 27.7. The number of thiazole rings is 1. The lowest BCUT2D eigenvalue weighted by Crippen LogP contribution is -2.31. The van der Waals surface area contributed by atoms with Crippen molar-refractivity contribution in [3.05, 3.63) is 108 Å². The van der Waals surface area contributed by atoms with Gasteiger partial charge in [-0.25, -0.2) is 13.4 Å². The first kappa shape index (κ1) is 26.0. The summed E-state index contributed by atoms with van der Waals surface area (Å²) in [6.45, 7) is 3.06. The Labute approximate surface area is 236 Å². The van der Waals surface area contributed by atoms with E-state index in [0.29, 0.717) is 47.2 Å². The molecule has 8 nitrogen and oxygen atoms in total. The topological polar surface area (TPSA) is 92.7 Å². The number of hydrogen-bond donors (Lipinski definition) is 0. The van der Waals surface area contributed by atoms with Crippen molar-refractivity contribution in [3.63, 3.8) is 0 Å². The molecule has 0 fully saturated rings. The van der Waals surface area contributed by atoms with Crippen LogP contribution in [0.5, 0.6) is 5.75 Å². The van der Waals surface area contributed by atoms with E-state index in [2.05, 4.69) is 4.98 Å². The maximum absolute atomic E-state index is 13.9. The number of carbonyl (C=O) groups excluding carboxylic acids is 1. The van der Waals surface area contributed by atoms with E-state index >= 15 is 0 Å². The number of ether oxygens (including phenoxy) is 1. The molecule has 0 saturated heterocycles. The second-order valence-corrected chi connectivity index (χ2v) is 12.1. The summed E-state index contributed by atoms with van der Waals surface area (Å²) in [6, 6.07) is 23.1. The molecular weight excluding hydrogens is 544 g/mol. The van der Waals surface area contributed by atoms with Crippen molar-refractivity contribution < 1.29 is 17.9 Å². The summed E-state index contributed by atoms with van der Waals surface area (Å²) in [5.41, 5.74) is 3.60. The second-order valence-electron chi connectivity index (χ2n) is 9.27. The Kier molecular flexibility index (Phi) is 6.95. The SMILES string of the molecule is CCOc1cccc2sc(N(Cc3cccnc3)C(=O)c3ccc(S(=O)(=O)N4CCc5ccccc54)cc3)nc12.